The van der Waals surface area contributed by atoms with E-state index in [4.69, 9.17) is 0 Å². The lowest BCUT2D eigenvalue weighted by Gasteiger charge is -2.54. The van der Waals surface area contributed by atoms with Crippen LogP contribution in [0.3, 0.4) is 0 Å². The molecule has 1 aliphatic carbocycles. The first kappa shape index (κ1) is 27.3. The number of aryl methyl sites for hydroxylation is 1. The van der Waals surface area contributed by atoms with Crippen LogP contribution in [0.25, 0.3) is 0 Å². The number of hydrogen-bond donors (Lipinski definition) is 0. The molecule has 1 amide bonds. The first-order valence-corrected chi connectivity index (χ1v) is 14.2. The molecule has 4 nitrogen and oxygen atoms in total. The van der Waals surface area contributed by atoms with Gasteiger partial charge < -0.3 is 4.90 Å². The van der Waals surface area contributed by atoms with Crippen LogP contribution in [0.4, 0.5) is 0 Å². The van der Waals surface area contributed by atoms with E-state index in [0.29, 0.717) is 12.3 Å². The fraction of sp³-hybridized carbons (Fsp3) is 0.515. The van der Waals surface area contributed by atoms with E-state index in [0.717, 1.165) is 76.6 Å². The summed E-state index contributed by atoms with van der Waals surface area (Å²) in [6, 6.07) is 19.2. The number of piperidine rings is 1. The summed E-state index contributed by atoms with van der Waals surface area (Å²) in [4.78, 5) is 30.0. The van der Waals surface area contributed by atoms with Gasteiger partial charge in [0.05, 0.1) is 0 Å². The molecule has 37 heavy (non-hydrogen) atoms. The minimum Gasteiger partial charge on any atom is -0.343 e. The highest BCUT2D eigenvalue weighted by molar-refractivity contribution is 5.94. The number of ketones is 1. The molecule has 4 rings (SSSR count). The summed E-state index contributed by atoms with van der Waals surface area (Å²) in [7, 11) is 2.02. The summed E-state index contributed by atoms with van der Waals surface area (Å²) in [5.41, 5.74) is 3.47. The molecule has 4 heteroatoms. The molecule has 198 valence electrons. The molecule has 1 aliphatic heterocycles. The van der Waals surface area contributed by atoms with Crippen molar-refractivity contribution >= 4 is 11.7 Å². The van der Waals surface area contributed by atoms with Gasteiger partial charge in [0.2, 0.25) is 5.91 Å². The van der Waals surface area contributed by atoms with Crippen molar-refractivity contribution in [2.24, 2.45) is 5.92 Å². The van der Waals surface area contributed by atoms with E-state index >= 15 is 0 Å². The standard InChI is InChI=1S/C33H44N2O2/c1-4-21-35-22-20-33(29-16-11-15-28(23-29)26(2)36)24-31(19-18-30(33)25-35)34(3)32(37)17-10-6-9-14-27-12-7-5-8-13-27/h4-5,7-8,11-13,15-16,23,30-31H,1,6,9-10,14,17-22,24-25H2,2-3H3/t30-,31+,33+/m1/s1. The van der Waals surface area contributed by atoms with E-state index in [1.54, 1.807) is 6.92 Å². The molecule has 0 radical (unpaired) electrons. The van der Waals surface area contributed by atoms with Crippen LogP contribution in [0.5, 0.6) is 0 Å². The van der Waals surface area contributed by atoms with Gasteiger partial charge in [0.1, 0.15) is 0 Å². The van der Waals surface area contributed by atoms with E-state index in [1.165, 1.54) is 11.1 Å². The van der Waals surface area contributed by atoms with Crippen LogP contribution in [0.2, 0.25) is 0 Å². The zero-order valence-corrected chi connectivity index (χ0v) is 22.8. The zero-order chi connectivity index (χ0) is 26.3. The summed E-state index contributed by atoms with van der Waals surface area (Å²) in [6.45, 7) is 8.60. The number of rotatable bonds is 11. The molecule has 0 spiro atoms. The van der Waals surface area contributed by atoms with Crippen molar-refractivity contribution in [2.75, 3.05) is 26.7 Å². The Bertz CT molecular complexity index is 1070. The van der Waals surface area contributed by atoms with Crippen molar-refractivity contribution in [1.29, 1.82) is 0 Å². The van der Waals surface area contributed by atoms with E-state index in [1.807, 2.05) is 25.3 Å². The van der Waals surface area contributed by atoms with Crippen molar-refractivity contribution in [3.8, 4) is 0 Å². The average molecular weight is 501 g/mol. The summed E-state index contributed by atoms with van der Waals surface area (Å²) in [6.07, 6.45) is 11.1. The lowest BCUT2D eigenvalue weighted by molar-refractivity contribution is -0.134. The second-order valence-electron chi connectivity index (χ2n) is 11.3. The Morgan fingerprint density at radius 1 is 1.08 bits per heavy atom. The Labute approximate surface area is 223 Å². The third-order valence-electron chi connectivity index (χ3n) is 8.95. The van der Waals surface area contributed by atoms with Crippen molar-refractivity contribution in [3.63, 3.8) is 0 Å². The number of fused-ring (bicyclic) bond motifs is 1. The Balaban J connectivity index is 1.41. The minimum atomic E-state index is 0.0102. The summed E-state index contributed by atoms with van der Waals surface area (Å²) >= 11 is 0. The Morgan fingerprint density at radius 2 is 1.89 bits per heavy atom. The van der Waals surface area contributed by atoms with Gasteiger partial charge in [-0.05, 0) is 81.5 Å². The average Bonchev–Trinajstić information content (AvgIpc) is 2.93. The molecule has 2 aromatic rings. The fourth-order valence-corrected chi connectivity index (χ4v) is 6.72. The number of Topliss-reactive ketones (excluding diaryl/α,β-unsaturated/α-hetero) is 1. The number of likely N-dealkylation sites (tertiary alicyclic amines) is 1. The maximum atomic E-state index is 13.2. The topological polar surface area (TPSA) is 40.6 Å². The third-order valence-corrected chi connectivity index (χ3v) is 8.95. The number of hydrogen-bond acceptors (Lipinski definition) is 3. The monoisotopic (exact) mass is 500 g/mol. The second-order valence-corrected chi connectivity index (χ2v) is 11.3. The molecule has 1 saturated carbocycles. The molecule has 0 N–H and O–H groups in total. The number of benzene rings is 2. The number of nitrogens with zero attached hydrogens (tertiary/aromatic N) is 2. The Hall–Kier alpha value is -2.72. The predicted octanol–water partition coefficient (Wildman–Crippen LogP) is 6.45. The summed E-state index contributed by atoms with van der Waals surface area (Å²) in [5, 5.41) is 0. The van der Waals surface area contributed by atoms with E-state index in [2.05, 4.69) is 58.8 Å². The van der Waals surface area contributed by atoms with E-state index < -0.39 is 0 Å². The fourth-order valence-electron chi connectivity index (χ4n) is 6.72. The van der Waals surface area contributed by atoms with Gasteiger partial charge in [-0.1, -0.05) is 61.0 Å². The predicted molar refractivity (Wildman–Crippen MR) is 152 cm³/mol. The highest BCUT2D eigenvalue weighted by Gasteiger charge is 2.49. The van der Waals surface area contributed by atoms with Gasteiger partial charge >= 0.3 is 0 Å². The lowest BCUT2D eigenvalue weighted by atomic mass is 9.57. The number of carbonyl (C=O) groups excluding carboxylic acids is 2. The maximum Gasteiger partial charge on any atom is 0.222 e. The molecular weight excluding hydrogens is 456 g/mol. The van der Waals surface area contributed by atoms with Gasteiger partial charge in [-0.25, -0.2) is 0 Å². The Kier molecular flexibility index (Phi) is 9.37. The minimum absolute atomic E-state index is 0.0102. The second kappa shape index (κ2) is 12.7. The molecule has 1 saturated heterocycles. The van der Waals surface area contributed by atoms with Gasteiger partial charge in [0, 0.05) is 43.6 Å². The lowest BCUT2D eigenvalue weighted by Crippen LogP contribution is -2.56. The van der Waals surface area contributed by atoms with Crippen LogP contribution in [0, 0.1) is 5.92 Å². The van der Waals surface area contributed by atoms with Gasteiger partial charge in [-0.15, -0.1) is 6.58 Å². The molecule has 0 aromatic heterocycles. The number of carbonyl (C=O) groups is 2. The summed E-state index contributed by atoms with van der Waals surface area (Å²) < 4.78 is 0. The third kappa shape index (κ3) is 6.59. The van der Waals surface area contributed by atoms with E-state index in [9.17, 15) is 9.59 Å². The molecule has 2 fully saturated rings. The molecule has 2 aliphatic rings. The largest absolute Gasteiger partial charge is 0.343 e. The van der Waals surface area contributed by atoms with Crippen molar-refractivity contribution < 1.29 is 9.59 Å². The quantitative estimate of drug-likeness (QED) is 0.202. The van der Waals surface area contributed by atoms with Crippen LogP contribution in [-0.2, 0) is 16.6 Å². The summed E-state index contributed by atoms with van der Waals surface area (Å²) in [5.74, 6) is 0.923. The SMILES string of the molecule is C=CCN1CC[C@@]2(c3cccc(C(C)=O)c3)C[C@@H](N(C)C(=O)CCCCCc3ccccc3)CC[C@@H]2C1. The first-order chi connectivity index (χ1) is 17.9. The van der Waals surface area contributed by atoms with Crippen LogP contribution < -0.4 is 0 Å². The Morgan fingerprint density at radius 3 is 2.65 bits per heavy atom. The smallest absolute Gasteiger partial charge is 0.222 e. The van der Waals surface area contributed by atoms with E-state index in [-0.39, 0.29) is 23.1 Å². The molecule has 1 heterocycles. The molecule has 0 bridgehead atoms. The van der Waals surface area contributed by atoms with Crippen LogP contribution >= 0.6 is 0 Å². The van der Waals surface area contributed by atoms with Crippen LogP contribution in [0.1, 0.15) is 79.8 Å². The van der Waals surface area contributed by atoms with Crippen molar-refractivity contribution in [3.05, 3.63) is 83.9 Å². The van der Waals surface area contributed by atoms with Crippen molar-refractivity contribution in [2.45, 2.75) is 76.2 Å². The molecule has 3 atom stereocenters. The van der Waals surface area contributed by atoms with Gasteiger partial charge in [0.15, 0.2) is 5.78 Å². The zero-order valence-electron chi connectivity index (χ0n) is 22.8. The highest BCUT2D eigenvalue weighted by atomic mass is 16.2. The maximum absolute atomic E-state index is 13.2. The van der Waals surface area contributed by atoms with Crippen LogP contribution in [-0.4, -0.2) is 54.2 Å². The molecular formula is C33H44N2O2. The normalized spacial score (nSPS) is 23.7. The van der Waals surface area contributed by atoms with Gasteiger partial charge in [-0.3, -0.25) is 14.5 Å². The molecule has 0 unspecified atom stereocenters. The highest BCUT2D eigenvalue weighted by Crippen LogP contribution is 2.50. The van der Waals surface area contributed by atoms with Gasteiger partial charge in [-0.2, -0.15) is 0 Å². The van der Waals surface area contributed by atoms with Crippen molar-refractivity contribution in [1.82, 2.24) is 9.80 Å². The van der Waals surface area contributed by atoms with Gasteiger partial charge in [0.25, 0.3) is 0 Å². The van der Waals surface area contributed by atoms with Crippen LogP contribution in [0.15, 0.2) is 67.3 Å². The molecule has 2 aromatic carbocycles. The number of amides is 1. The number of unbranched alkanes of at least 4 members (excludes halogenated alkanes) is 2. The first-order valence-electron chi connectivity index (χ1n) is 14.2.